The number of carbonyl (C=O) groups is 1. The quantitative estimate of drug-likeness (QED) is 0.790. The van der Waals surface area contributed by atoms with Gasteiger partial charge in [0, 0.05) is 18.2 Å². The van der Waals surface area contributed by atoms with Gasteiger partial charge in [-0.05, 0) is 18.9 Å². The van der Waals surface area contributed by atoms with Gasteiger partial charge in [-0.25, -0.2) is 4.98 Å². The van der Waals surface area contributed by atoms with E-state index in [0.29, 0.717) is 10.6 Å². The Hall–Kier alpha value is -1.13. The Morgan fingerprint density at radius 1 is 1.41 bits per heavy atom. The number of nitrogens with zero attached hydrogens (tertiary/aromatic N) is 1. The average molecular weight is 254 g/mol. The molecule has 0 saturated heterocycles. The minimum Gasteiger partial charge on any atom is -0.383 e. The Morgan fingerprint density at radius 3 is 2.82 bits per heavy atom. The van der Waals surface area contributed by atoms with E-state index in [4.69, 9.17) is 23.1 Å². The summed E-state index contributed by atoms with van der Waals surface area (Å²) in [4.78, 5) is 16.2. The van der Waals surface area contributed by atoms with Crippen molar-refractivity contribution in [2.75, 3.05) is 5.73 Å². The molecule has 1 aliphatic carbocycles. The summed E-state index contributed by atoms with van der Waals surface area (Å²) in [6.07, 6.45) is 5.29. The number of carbonyl (C=O) groups excluding carboxylic acids is 1. The van der Waals surface area contributed by atoms with Crippen molar-refractivity contribution < 1.29 is 4.79 Å². The van der Waals surface area contributed by atoms with E-state index < -0.39 is 0 Å². The zero-order chi connectivity index (χ0) is 12.4. The number of nitrogens with two attached hydrogens (primary N) is 2. The Morgan fingerprint density at radius 2 is 2.12 bits per heavy atom. The number of ketones is 1. The summed E-state index contributed by atoms with van der Waals surface area (Å²) in [6, 6.07) is 1.50. The minimum atomic E-state index is -0.147. The highest BCUT2D eigenvalue weighted by Gasteiger charge is 2.30. The van der Waals surface area contributed by atoms with Gasteiger partial charge in [-0.1, -0.05) is 24.4 Å². The zero-order valence-corrected chi connectivity index (χ0v) is 10.3. The fraction of sp³-hybridized carbons (Fsp3) is 0.500. The van der Waals surface area contributed by atoms with E-state index >= 15 is 0 Å². The van der Waals surface area contributed by atoms with E-state index in [1.807, 2.05) is 0 Å². The average Bonchev–Trinajstić information content (AvgIpc) is 2.32. The molecule has 0 bridgehead atoms. The number of rotatable bonds is 2. The molecule has 2 atom stereocenters. The van der Waals surface area contributed by atoms with Crippen LogP contribution in [-0.4, -0.2) is 16.8 Å². The molecule has 1 aliphatic rings. The summed E-state index contributed by atoms with van der Waals surface area (Å²) in [5.74, 6) is 0.0631. The maximum atomic E-state index is 12.3. The van der Waals surface area contributed by atoms with Gasteiger partial charge in [0.2, 0.25) is 0 Å². The van der Waals surface area contributed by atoms with E-state index in [1.165, 1.54) is 6.20 Å². The highest BCUT2D eigenvalue weighted by atomic mass is 35.5. The maximum absolute atomic E-state index is 12.3. The van der Waals surface area contributed by atoms with Crippen LogP contribution in [0, 0.1) is 5.92 Å². The molecule has 0 aliphatic heterocycles. The van der Waals surface area contributed by atoms with Gasteiger partial charge >= 0.3 is 0 Å². The van der Waals surface area contributed by atoms with Gasteiger partial charge in [-0.2, -0.15) is 0 Å². The molecule has 0 radical (unpaired) electrons. The predicted octanol–water partition coefficient (Wildman–Crippen LogP) is 2.02. The molecule has 0 spiro atoms. The molecule has 17 heavy (non-hydrogen) atoms. The van der Waals surface area contributed by atoms with Crippen molar-refractivity contribution in [3.05, 3.63) is 22.8 Å². The SMILES string of the molecule is Nc1ncc(Cl)cc1C(=O)C1CCCCC1N. The molecule has 1 aromatic heterocycles. The Balaban J connectivity index is 2.26. The van der Waals surface area contributed by atoms with Crippen LogP contribution < -0.4 is 11.5 Å². The lowest BCUT2D eigenvalue weighted by atomic mass is 9.80. The topological polar surface area (TPSA) is 82.0 Å². The molecule has 2 unspecified atom stereocenters. The summed E-state index contributed by atoms with van der Waals surface area (Å²) in [5, 5.41) is 0.423. The van der Waals surface area contributed by atoms with Gasteiger partial charge < -0.3 is 11.5 Å². The molecule has 1 heterocycles. The highest BCUT2D eigenvalue weighted by molar-refractivity contribution is 6.31. The van der Waals surface area contributed by atoms with E-state index in [2.05, 4.69) is 4.98 Å². The van der Waals surface area contributed by atoms with Gasteiger partial charge in [0.15, 0.2) is 5.78 Å². The lowest BCUT2D eigenvalue weighted by Crippen LogP contribution is -2.38. The van der Waals surface area contributed by atoms with E-state index in [0.717, 1.165) is 25.7 Å². The molecular formula is C12H16ClN3O. The second-order valence-corrected chi connectivity index (χ2v) is 4.94. The van der Waals surface area contributed by atoms with Crippen molar-refractivity contribution >= 4 is 23.2 Å². The highest BCUT2D eigenvalue weighted by Crippen LogP contribution is 2.28. The molecule has 4 nitrogen and oxygen atoms in total. The molecule has 4 N–H and O–H groups in total. The minimum absolute atomic E-state index is 0.0234. The number of hydrogen-bond donors (Lipinski definition) is 2. The fourth-order valence-corrected chi connectivity index (χ4v) is 2.49. The summed E-state index contributed by atoms with van der Waals surface area (Å²) in [6.45, 7) is 0. The smallest absolute Gasteiger partial charge is 0.171 e. The molecule has 5 heteroatoms. The van der Waals surface area contributed by atoms with Crippen LogP contribution in [-0.2, 0) is 0 Å². The third kappa shape index (κ3) is 2.58. The van der Waals surface area contributed by atoms with Crippen LogP contribution in [0.2, 0.25) is 5.02 Å². The second-order valence-electron chi connectivity index (χ2n) is 4.51. The Kier molecular flexibility index (Phi) is 3.64. The number of anilines is 1. The lowest BCUT2D eigenvalue weighted by molar-refractivity contribution is 0.0872. The molecule has 2 rings (SSSR count). The lowest BCUT2D eigenvalue weighted by Gasteiger charge is -2.27. The third-order valence-electron chi connectivity index (χ3n) is 3.31. The first-order valence-electron chi connectivity index (χ1n) is 5.80. The van der Waals surface area contributed by atoms with Gasteiger partial charge in [0.25, 0.3) is 0 Å². The van der Waals surface area contributed by atoms with Crippen LogP contribution in [0.15, 0.2) is 12.3 Å². The van der Waals surface area contributed by atoms with Crippen LogP contribution in [0.3, 0.4) is 0 Å². The molecule has 1 fully saturated rings. The van der Waals surface area contributed by atoms with Crippen LogP contribution in [0.25, 0.3) is 0 Å². The summed E-state index contributed by atoms with van der Waals surface area (Å²) in [5.41, 5.74) is 12.1. The number of Topliss-reactive ketones (excluding diaryl/α,β-unsaturated/α-hetero) is 1. The number of halogens is 1. The first-order valence-corrected chi connectivity index (χ1v) is 6.18. The first kappa shape index (κ1) is 12.3. The van der Waals surface area contributed by atoms with Crippen molar-refractivity contribution in [1.29, 1.82) is 0 Å². The van der Waals surface area contributed by atoms with Gasteiger partial charge in [-0.3, -0.25) is 4.79 Å². The molecule has 1 aromatic rings. The van der Waals surface area contributed by atoms with Gasteiger partial charge in [0.05, 0.1) is 10.6 Å². The third-order valence-corrected chi connectivity index (χ3v) is 3.51. The molecule has 0 aromatic carbocycles. The number of nitrogen functional groups attached to an aromatic ring is 1. The first-order chi connectivity index (χ1) is 8.09. The van der Waals surface area contributed by atoms with E-state index in [9.17, 15) is 4.79 Å². The van der Waals surface area contributed by atoms with E-state index in [1.54, 1.807) is 6.07 Å². The Bertz CT molecular complexity index is 436. The van der Waals surface area contributed by atoms with Crippen LogP contribution in [0.4, 0.5) is 5.82 Å². The second kappa shape index (κ2) is 5.02. The zero-order valence-electron chi connectivity index (χ0n) is 9.53. The van der Waals surface area contributed by atoms with Crippen molar-refractivity contribution in [2.24, 2.45) is 11.7 Å². The number of pyridine rings is 1. The van der Waals surface area contributed by atoms with Crippen molar-refractivity contribution in [1.82, 2.24) is 4.98 Å². The fourth-order valence-electron chi connectivity index (χ4n) is 2.33. The van der Waals surface area contributed by atoms with Crippen LogP contribution >= 0.6 is 11.6 Å². The number of aromatic nitrogens is 1. The molecular weight excluding hydrogens is 238 g/mol. The van der Waals surface area contributed by atoms with Crippen LogP contribution in [0.5, 0.6) is 0 Å². The summed E-state index contributed by atoms with van der Waals surface area (Å²) in [7, 11) is 0. The number of hydrogen-bond acceptors (Lipinski definition) is 4. The summed E-state index contributed by atoms with van der Waals surface area (Å²) >= 11 is 5.83. The van der Waals surface area contributed by atoms with E-state index in [-0.39, 0.29) is 23.6 Å². The molecule has 0 amide bonds. The standard InChI is InChI=1S/C12H16ClN3O/c13-7-5-9(12(15)16-6-7)11(17)8-3-1-2-4-10(8)14/h5-6,8,10H,1-4,14H2,(H2,15,16). The van der Waals surface area contributed by atoms with Crippen molar-refractivity contribution in [2.45, 2.75) is 31.7 Å². The largest absolute Gasteiger partial charge is 0.383 e. The summed E-state index contributed by atoms with van der Waals surface area (Å²) < 4.78 is 0. The molecule has 92 valence electrons. The van der Waals surface area contributed by atoms with Crippen LogP contribution in [0.1, 0.15) is 36.0 Å². The maximum Gasteiger partial charge on any atom is 0.171 e. The normalized spacial score (nSPS) is 24.6. The molecule has 1 saturated carbocycles. The van der Waals surface area contributed by atoms with Gasteiger partial charge in [0.1, 0.15) is 5.82 Å². The van der Waals surface area contributed by atoms with Crippen molar-refractivity contribution in [3.63, 3.8) is 0 Å². The monoisotopic (exact) mass is 253 g/mol. The van der Waals surface area contributed by atoms with Gasteiger partial charge in [-0.15, -0.1) is 0 Å². The Labute approximate surface area is 105 Å². The predicted molar refractivity (Wildman–Crippen MR) is 67.9 cm³/mol. The van der Waals surface area contributed by atoms with Crippen molar-refractivity contribution in [3.8, 4) is 0 Å².